The zero-order valence-corrected chi connectivity index (χ0v) is 14.7. The number of nitrogens with zero attached hydrogens (tertiary/aromatic N) is 1. The first kappa shape index (κ1) is 18.2. The summed E-state index contributed by atoms with van der Waals surface area (Å²) in [5.74, 6) is 0.954. The van der Waals surface area contributed by atoms with E-state index in [0.29, 0.717) is 22.4 Å². The zero-order valence-electron chi connectivity index (χ0n) is 14.7. The number of para-hydroxylation sites is 1. The summed E-state index contributed by atoms with van der Waals surface area (Å²) in [4.78, 5) is 38.3. The molecule has 0 unspecified atom stereocenters. The highest BCUT2D eigenvalue weighted by Crippen LogP contribution is 2.18. The molecule has 0 aliphatic heterocycles. The number of methoxy groups -OCH3 is 1. The van der Waals surface area contributed by atoms with Gasteiger partial charge in [-0.1, -0.05) is 18.2 Å². The summed E-state index contributed by atoms with van der Waals surface area (Å²) in [6.45, 7) is 0.335. The minimum absolute atomic E-state index is 0.199. The van der Waals surface area contributed by atoms with Crippen LogP contribution in [0.3, 0.4) is 0 Å². The Bertz CT molecular complexity index is 1070. The molecule has 3 aromatic rings. The molecule has 0 radical (unpaired) electrons. The number of rotatable bonds is 7. The summed E-state index contributed by atoms with van der Waals surface area (Å²) in [6.07, 6.45) is 0. The van der Waals surface area contributed by atoms with Gasteiger partial charge < -0.3 is 14.8 Å². The van der Waals surface area contributed by atoms with E-state index in [-0.39, 0.29) is 25.6 Å². The summed E-state index contributed by atoms with van der Waals surface area (Å²) in [7, 11) is 1.57. The van der Waals surface area contributed by atoms with Gasteiger partial charge in [0.1, 0.15) is 24.7 Å². The van der Waals surface area contributed by atoms with Crippen molar-refractivity contribution in [2.24, 2.45) is 0 Å². The number of benzene rings is 2. The van der Waals surface area contributed by atoms with Gasteiger partial charge >= 0.3 is 5.69 Å². The third-order valence-electron chi connectivity index (χ3n) is 3.94. The fourth-order valence-corrected chi connectivity index (χ4v) is 2.65. The quantitative estimate of drug-likeness (QED) is 0.602. The smallest absolute Gasteiger partial charge is 0.329 e. The molecule has 0 atom stereocenters. The van der Waals surface area contributed by atoms with Gasteiger partial charge in [0.25, 0.3) is 5.56 Å². The second kappa shape index (κ2) is 8.22. The van der Waals surface area contributed by atoms with Gasteiger partial charge in [-0.25, -0.2) is 4.79 Å². The predicted molar refractivity (Wildman–Crippen MR) is 100 cm³/mol. The van der Waals surface area contributed by atoms with Gasteiger partial charge in [-0.2, -0.15) is 0 Å². The number of ether oxygens (including phenoxy) is 2. The fraction of sp³-hybridized carbons (Fsp3) is 0.211. The van der Waals surface area contributed by atoms with Crippen LogP contribution in [0.4, 0.5) is 0 Å². The molecule has 0 spiro atoms. The van der Waals surface area contributed by atoms with Crippen molar-refractivity contribution in [2.75, 3.05) is 20.3 Å². The van der Waals surface area contributed by atoms with E-state index in [1.54, 1.807) is 55.6 Å². The number of amides is 1. The largest absolute Gasteiger partial charge is 0.497 e. The second-order valence-electron chi connectivity index (χ2n) is 5.74. The Morgan fingerprint density at radius 2 is 1.89 bits per heavy atom. The van der Waals surface area contributed by atoms with Crippen LogP contribution in [0.2, 0.25) is 0 Å². The van der Waals surface area contributed by atoms with Crippen molar-refractivity contribution in [1.29, 1.82) is 0 Å². The molecule has 8 nitrogen and oxygen atoms in total. The number of fused-ring (bicyclic) bond motifs is 1. The molecular formula is C19H19N3O5. The molecule has 1 amide bonds. The predicted octanol–water partition coefficient (Wildman–Crippen LogP) is 0.894. The SMILES string of the molecule is COc1cccc(OCCNC(=O)Cn2c(=O)[nH]c(=O)c3ccccc32)c1. The standard InChI is InChI=1S/C19H19N3O5/c1-26-13-5-4-6-14(11-13)27-10-9-20-17(23)12-22-16-8-3-2-7-15(16)18(24)21-19(22)25/h2-8,11H,9-10,12H2,1H3,(H,20,23)(H,21,24,25). The van der Waals surface area contributed by atoms with Crippen molar-refractivity contribution in [3.63, 3.8) is 0 Å². The fourth-order valence-electron chi connectivity index (χ4n) is 2.65. The number of H-pyrrole nitrogens is 1. The van der Waals surface area contributed by atoms with Gasteiger partial charge in [0.2, 0.25) is 5.91 Å². The van der Waals surface area contributed by atoms with Crippen molar-refractivity contribution >= 4 is 16.8 Å². The van der Waals surface area contributed by atoms with Crippen LogP contribution in [-0.2, 0) is 11.3 Å². The lowest BCUT2D eigenvalue weighted by molar-refractivity contribution is -0.121. The van der Waals surface area contributed by atoms with Crippen LogP contribution in [0, 0.1) is 0 Å². The highest BCUT2D eigenvalue weighted by atomic mass is 16.5. The number of hydrogen-bond acceptors (Lipinski definition) is 5. The highest BCUT2D eigenvalue weighted by Gasteiger charge is 2.10. The summed E-state index contributed by atoms with van der Waals surface area (Å²) in [6, 6.07) is 13.8. The Kier molecular flexibility index (Phi) is 5.55. The number of aromatic amines is 1. The normalized spacial score (nSPS) is 10.6. The van der Waals surface area contributed by atoms with Crippen LogP contribution in [0.1, 0.15) is 0 Å². The van der Waals surface area contributed by atoms with Gasteiger partial charge in [-0.05, 0) is 24.3 Å². The molecule has 0 fully saturated rings. The summed E-state index contributed by atoms with van der Waals surface area (Å²) < 4.78 is 11.9. The van der Waals surface area contributed by atoms with Gasteiger partial charge in [0, 0.05) is 6.07 Å². The van der Waals surface area contributed by atoms with Crippen LogP contribution >= 0.6 is 0 Å². The van der Waals surface area contributed by atoms with Crippen LogP contribution < -0.4 is 26.0 Å². The maximum atomic E-state index is 12.2. The highest BCUT2D eigenvalue weighted by molar-refractivity contribution is 5.81. The lowest BCUT2D eigenvalue weighted by Gasteiger charge is -2.11. The molecular weight excluding hydrogens is 350 g/mol. The maximum Gasteiger partial charge on any atom is 0.329 e. The first-order valence-electron chi connectivity index (χ1n) is 8.34. The van der Waals surface area contributed by atoms with Crippen molar-refractivity contribution in [3.8, 4) is 11.5 Å². The molecule has 1 aromatic heterocycles. The summed E-state index contributed by atoms with van der Waals surface area (Å²) in [5, 5.41) is 3.04. The number of hydrogen-bond donors (Lipinski definition) is 2. The van der Waals surface area contributed by atoms with E-state index in [1.165, 1.54) is 4.57 Å². The van der Waals surface area contributed by atoms with Crippen LogP contribution in [0.15, 0.2) is 58.1 Å². The molecule has 1 heterocycles. The summed E-state index contributed by atoms with van der Waals surface area (Å²) >= 11 is 0. The molecule has 8 heteroatoms. The molecule has 2 N–H and O–H groups in total. The lowest BCUT2D eigenvalue weighted by Crippen LogP contribution is -2.37. The Morgan fingerprint density at radius 1 is 1.11 bits per heavy atom. The average molecular weight is 369 g/mol. The van der Waals surface area contributed by atoms with Crippen LogP contribution in [0.25, 0.3) is 10.9 Å². The molecule has 0 saturated heterocycles. The van der Waals surface area contributed by atoms with Gasteiger partial charge in [-0.3, -0.25) is 19.1 Å². The molecule has 0 bridgehead atoms. The molecule has 3 rings (SSSR count). The third kappa shape index (κ3) is 4.35. The van der Waals surface area contributed by atoms with E-state index in [0.717, 1.165) is 0 Å². The molecule has 27 heavy (non-hydrogen) atoms. The number of nitrogens with one attached hydrogen (secondary N) is 2. The summed E-state index contributed by atoms with van der Waals surface area (Å²) in [5.41, 5.74) is -0.686. The van der Waals surface area contributed by atoms with E-state index >= 15 is 0 Å². The minimum Gasteiger partial charge on any atom is -0.497 e. The molecule has 140 valence electrons. The third-order valence-corrected chi connectivity index (χ3v) is 3.94. The van der Waals surface area contributed by atoms with Crippen molar-refractivity contribution in [1.82, 2.24) is 14.9 Å². The minimum atomic E-state index is -0.624. The lowest BCUT2D eigenvalue weighted by atomic mass is 10.2. The monoisotopic (exact) mass is 369 g/mol. The zero-order chi connectivity index (χ0) is 19.2. The van der Waals surface area contributed by atoms with E-state index in [9.17, 15) is 14.4 Å². The van der Waals surface area contributed by atoms with Gasteiger partial charge in [0.05, 0.1) is 24.6 Å². The molecule has 0 aliphatic rings. The number of carbonyl (C=O) groups is 1. The van der Waals surface area contributed by atoms with Crippen LogP contribution in [0.5, 0.6) is 11.5 Å². The Hall–Kier alpha value is -3.55. The first-order valence-corrected chi connectivity index (χ1v) is 8.34. The Morgan fingerprint density at radius 3 is 2.70 bits per heavy atom. The number of aromatic nitrogens is 2. The Labute approximate surface area is 154 Å². The molecule has 2 aromatic carbocycles. The first-order chi connectivity index (χ1) is 13.1. The van der Waals surface area contributed by atoms with Gasteiger partial charge in [0.15, 0.2) is 0 Å². The van der Waals surface area contributed by atoms with Crippen molar-refractivity contribution in [2.45, 2.75) is 6.54 Å². The van der Waals surface area contributed by atoms with Crippen molar-refractivity contribution < 1.29 is 14.3 Å². The molecule has 0 saturated carbocycles. The van der Waals surface area contributed by atoms with Crippen molar-refractivity contribution in [3.05, 3.63) is 69.4 Å². The molecule has 0 aliphatic carbocycles. The maximum absolute atomic E-state index is 12.2. The van der Waals surface area contributed by atoms with E-state index in [2.05, 4.69) is 10.3 Å². The average Bonchev–Trinajstić information content (AvgIpc) is 2.68. The van der Waals surface area contributed by atoms with E-state index < -0.39 is 11.2 Å². The van der Waals surface area contributed by atoms with E-state index in [4.69, 9.17) is 9.47 Å². The Balaban J connectivity index is 1.59. The second-order valence-corrected chi connectivity index (χ2v) is 5.74. The topological polar surface area (TPSA) is 102 Å². The number of carbonyl (C=O) groups excluding carboxylic acids is 1. The van der Waals surface area contributed by atoms with Gasteiger partial charge in [-0.15, -0.1) is 0 Å². The van der Waals surface area contributed by atoms with E-state index in [1.807, 2.05) is 0 Å². The van der Waals surface area contributed by atoms with Crippen LogP contribution in [-0.4, -0.2) is 35.7 Å².